The van der Waals surface area contributed by atoms with E-state index in [1.165, 1.54) is 16.7 Å². The van der Waals surface area contributed by atoms with Gasteiger partial charge in [0.15, 0.2) is 11.1 Å². The van der Waals surface area contributed by atoms with Crippen molar-refractivity contribution >= 4 is 33.5 Å². The predicted octanol–water partition coefficient (Wildman–Crippen LogP) is 3.29. The number of rotatable bonds is 4. The Morgan fingerprint density at radius 2 is 1.88 bits per heavy atom. The molecule has 3 rings (SSSR count). The fourth-order valence-corrected chi connectivity index (χ4v) is 3.17. The number of ether oxygens (including phenoxy) is 1. The van der Waals surface area contributed by atoms with Gasteiger partial charge in [-0.15, -0.1) is 0 Å². The van der Waals surface area contributed by atoms with Gasteiger partial charge in [0, 0.05) is 17.0 Å². The third-order valence-corrected chi connectivity index (χ3v) is 4.68. The van der Waals surface area contributed by atoms with Crippen LogP contribution in [0.3, 0.4) is 0 Å². The Kier molecular flexibility index (Phi) is 4.71. The van der Waals surface area contributed by atoms with Gasteiger partial charge in [-0.2, -0.15) is 0 Å². The fourth-order valence-electron chi connectivity index (χ4n) is 2.48. The fraction of sp³-hybridized carbons (Fsp3) is 0.118. The lowest BCUT2D eigenvalue weighted by molar-refractivity contribution is 0.414. The van der Waals surface area contributed by atoms with Gasteiger partial charge in [0.2, 0.25) is 0 Å². The van der Waals surface area contributed by atoms with E-state index >= 15 is 0 Å². The topological polar surface area (TPSA) is 68.5 Å². The number of fused-ring (bicyclic) bond motifs is 1. The van der Waals surface area contributed by atoms with Crippen LogP contribution in [0.15, 0.2) is 58.4 Å². The van der Waals surface area contributed by atoms with Crippen LogP contribution in [-0.2, 0) is 17.6 Å². The molecule has 0 bridgehead atoms. The lowest BCUT2D eigenvalue weighted by Crippen LogP contribution is -2.20. The van der Waals surface area contributed by atoms with E-state index in [4.69, 9.17) is 16.3 Å². The van der Waals surface area contributed by atoms with Gasteiger partial charge in [-0.25, -0.2) is 4.21 Å². The molecule has 3 aromatic rings. The molecule has 1 N–H and O–H groups in total. The molecule has 24 heavy (non-hydrogen) atoms. The number of benzene rings is 2. The van der Waals surface area contributed by atoms with Crippen molar-refractivity contribution in [2.24, 2.45) is 0 Å². The van der Waals surface area contributed by atoms with Crippen molar-refractivity contribution in [2.45, 2.75) is 11.4 Å². The van der Waals surface area contributed by atoms with E-state index in [0.29, 0.717) is 22.3 Å². The Morgan fingerprint density at radius 3 is 2.50 bits per heavy atom. The molecule has 1 atom stereocenters. The summed E-state index contributed by atoms with van der Waals surface area (Å²) < 4.78 is 27.0. The first-order valence-electron chi connectivity index (χ1n) is 7.06. The highest BCUT2D eigenvalue weighted by atomic mass is 35.5. The normalized spacial score (nSPS) is 12.3. The van der Waals surface area contributed by atoms with Crippen LogP contribution in [0.5, 0.6) is 5.75 Å². The van der Waals surface area contributed by atoms with Crippen LogP contribution in [0.25, 0.3) is 10.8 Å². The Hall–Kier alpha value is -2.15. The summed E-state index contributed by atoms with van der Waals surface area (Å²) in [5, 5.41) is 1.28. The summed E-state index contributed by atoms with van der Waals surface area (Å²) in [7, 11) is 1.59. The monoisotopic (exact) mass is 363 g/mol. The largest absolute Gasteiger partial charge is 0.497 e. The molecule has 2 aromatic carbocycles. The van der Waals surface area contributed by atoms with Crippen LogP contribution in [0.4, 0.5) is 0 Å². The molecule has 0 aliphatic heterocycles. The van der Waals surface area contributed by atoms with Crippen molar-refractivity contribution in [1.82, 2.24) is 4.57 Å². The van der Waals surface area contributed by atoms with Crippen LogP contribution in [0, 0.1) is 0 Å². The van der Waals surface area contributed by atoms with Crippen LogP contribution in [-0.4, -0.2) is 20.4 Å². The first-order chi connectivity index (χ1) is 11.5. The van der Waals surface area contributed by atoms with Crippen LogP contribution in [0.1, 0.15) is 5.56 Å². The first kappa shape index (κ1) is 16.7. The van der Waals surface area contributed by atoms with Gasteiger partial charge in [0.25, 0.3) is 5.56 Å². The van der Waals surface area contributed by atoms with E-state index in [2.05, 4.69) is 0 Å². The Balaban J connectivity index is 2.08. The maximum absolute atomic E-state index is 12.7. The van der Waals surface area contributed by atoms with Gasteiger partial charge in [0.05, 0.1) is 23.6 Å². The summed E-state index contributed by atoms with van der Waals surface area (Å²) in [6, 6.07) is 11.8. The number of pyridine rings is 1. The molecule has 0 aliphatic carbocycles. The number of nitrogens with zero attached hydrogens (tertiary/aromatic N) is 1. The van der Waals surface area contributed by atoms with Crippen LogP contribution in [0.2, 0.25) is 5.02 Å². The molecule has 0 fully saturated rings. The Morgan fingerprint density at radius 1 is 1.17 bits per heavy atom. The highest BCUT2D eigenvalue weighted by Gasteiger charge is 2.11. The maximum Gasteiger partial charge on any atom is 0.258 e. The number of hydrogen-bond acceptors (Lipinski definition) is 3. The number of methoxy groups -OCH3 is 1. The standard InChI is InChI=1S/C17H14ClNO4S/c1-23-12-4-2-11(3-5-12)9-19-10-16(18)14-7-6-13(24(21)22)8-15(14)17(19)20/h2-8,10H,9H2,1H3,(H,21,22). The second kappa shape index (κ2) is 6.76. The number of aromatic nitrogens is 1. The smallest absolute Gasteiger partial charge is 0.258 e. The van der Waals surface area contributed by atoms with Crippen molar-refractivity contribution in [3.05, 3.63) is 69.6 Å². The van der Waals surface area contributed by atoms with Crippen LogP contribution >= 0.6 is 11.6 Å². The zero-order valence-electron chi connectivity index (χ0n) is 12.7. The second-order valence-electron chi connectivity index (χ2n) is 5.21. The highest BCUT2D eigenvalue weighted by molar-refractivity contribution is 7.79. The van der Waals surface area contributed by atoms with Crippen molar-refractivity contribution in [1.29, 1.82) is 0 Å². The van der Waals surface area contributed by atoms with E-state index in [0.717, 1.165) is 11.3 Å². The lowest BCUT2D eigenvalue weighted by Gasteiger charge is -2.10. The zero-order valence-corrected chi connectivity index (χ0v) is 14.3. The average Bonchev–Trinajstić information content (AvgIpc) is 2.59. The summed E-state index contributed by atoms with van der Waals surface area (Å²) in [5.41, 5.74) is 0.646. The SMILES string of the molecule is COc1ccc(Cn2cc(Cl)c3ccc(S(=O)O)cc3c2=O)cc1. The van der Waals surface area contributed by atoms with Gasteiger partial charge < -0.3 is 13.9 Å². The average molecular weight is 364 g/mol. The molecule has 124 valence electrons. The minimum Gasteiger partial charge on any atom is -0.497 e. The van der Waals surface area contributed by atoms with Crippen molar-refractivity contribution in [3.8, 4) is 5.75 Å². The van der Waals surface area contributed by atoms with Crippen molar-refractivity contribution < 1.29 is 13.5 Å². The van der Waals surface area contributed by atoms with E-state index in [1.54, 1.807) is 19.4 Å². The Bertz CT molecular complexity index is 982. The molecule has 1 heterocycles. The van der Waals surface area contributed by atoms with Crippen molar-refractivity contribution in [3.63, 3.8) is 0 Å². The lowest BCUT2D eigenvalue weighted by atomic mass is 10.1. The third-order valence-electron chi connectivity index (χ3n) is 3.72. The summed E-state index contributed by atoms with van der Waals surface area (Å²) in [5.74, 6) is 0.734. The van der Waals surface area contributed by atoms with Crippen molar-refractivity contribution in [2.75, 3.05) is 7.11 Å². The van der Waals surface area contributed by atoms with Gasteiger partial charge in [-0.1, -0.05) is 29.8 Å². The molecule has 0 radical (unpaired) electrons. The van der Waals surface area contributed by atoms with E-state index in [9.17, 15) is 13.6 Å². The van der Waals surface area contributed by atoms with Gasteiger partial charge >= 0.3 is 0 Å². The molecule has 0 saturated carbocycles. The summed E-state index contributed by atoms with van der Waals surface area (Å²) in [6.45, 7) is 0.338. The minimum absolute atomic E-state index is 0.165. The van der Waals surface area contributed by atoms with Gasteiger partial charge in [0.1, 0.15) is 5.75 Å². The molecule has 1 unspecified atom stereocenters. The zero-order chi connectivity index (χ0) is 17.3. The quantitative estimate of drug-likeness (QED) is 0.722. The maximum atomic E-state index is 12.7. The molecule has 0 aliphatic rings. The van der Waals surface area contributed by atoms with Gasteiger partial charge in [-0.05, 0) is 29.8 Å². The summed E-state index contributed by atoms with van der Waals surface area (Å²) in [6.07, 6.45) is 1.58. The molecule has 7 heteroatoms. The molecule has 0 spiro atoms. The molecular formula is C17H14ClNO4S. The van der Waals surface area contributed by atoms with Gasteiger partial charge in [-0.3, -0.25) is 4.79 Å². The van der Waals surface area contributed by atoms with E-state index in [1.807, 2.05) is 24.3 Å². The summed E-state index contributed by atoms with van der Waals surface area (Å²) >= 11 is 4.11. The second-order valence-corrected chi connectivity index (χ2v) is 6.59. The minimum atomic E-state index is -2.15. The Labute approximate surface area is 145 Å². The molecular weight excluding hydrogens is 350 g/mol. The first-order valence-corrected chi connectivity index (χ1v) is 8.54. The van der Waals surface area contributed by atoms with Crippen LogP contribution < -0.4 is 10.3 Å². The molecule has 5 nitrogen and oxygen atoms in total. The predicted molar refractivity (Wildman–Crippen MR) is 94.4 cm³/mol. The molecule has 0 amide bonds. The summed E-state index contributed by atoms with van der Waals surface area (Å²) in [4.78, 5) is 12.8. The van der Waals surface area contributed by atoms with E-state index < -0.39 is 11.1 Å². The molecule has 0 saturated heterocycles. The third kappa shape index (κ3) is 3.21. The number of halogens is 1. The van der Waals surface area contributed by atoms with E-state index in [-0.39, 0.29) is 10.5 Å². The number of hydrogen-bond donors (Lipinski definition) is 1. The molecule has 1 aromatic heterocycles. The highest BCUT2D eigenvalue weighted by Crippen LogP contribution is 2.23.